The summed E-state index contributed by atoms with van der Waals surface area (Å²) in [5, 5.41) is 7.37. The fourth-order valence-corrected chi connectivity index (χ4v) is 1.62. The second-order valence-electron chi connectivity index (χ2n) is 3.86. The number of carbonyl (C=O) groups is 1. The van der Waals surface area contributed by atoms with E-state index < -0.39 is 5.97 Å². The van der Waals surface area contributed by atoms with E-state index in [0.717, 1.165) is 12.1 Å². The van der Waals surface area contributed by atoms with Gasteiger partial charge in [0.25, 0.3) is 0 Å². The van der Waals surface area contributed by atoms with Gasteiger partial charge in [0.05, 0.1) is 12.8 Å². The average molecular weight is 309 g/mol. The molecule has 0 heterocycles. The minimum Gasteiger partial charge on any atom is -0.481 e. The van der Waals surface area contributed by atoms with Crippen molar-refractivity contribution in [3.05, 3.63) is 29.8 Å². The van der Waals surface area contributed by atoms with Crippen LogP contribution in [0.4, 0.5) is 0 Å². The number of esters is 1. The summed E-state index contributed by atoms with van der Waals surface area (Å²) < 4.78 is 10.2. The average Bonchev–Trinajstić information content (AvgIpc) is 2.47. The van der Waals surface area contributed by atoms with E-state index in [1.54, 1.807) is 19.2 Å². The van der Waals surface area contributed by atoms with Crippen molar-refractivity contribution in [3.63, 3.8) is 0 Å². The number of carbonyl (C=O) groups excluding carboxylic acids is 1. The van der Waals surface area contributed by atoms with Crippen molar-refractivity contribution < 1.29 is 14.3 Å². The molecule has 0 radical (unpaired) electrons. The molecule has 0 fully saturated rings. The topological polar surface area (TPSA) is 72.0 Å². The van der Waals surface area contributed by atoms with Crippen LogP contribution in [0.3, 0.4) is 0 Å². The van der Waals surface area contributed by atoms with Crippen LogP contribution >= 0.6 is 12.2 Å². The van der Waals surface area contributed by atoms with E-state index in [-0.39, 0.29) is 6.61 Å². The monoisotopic (exact) mass is 309 g/mol. The van der Waals surface area contributed by atoms with Crippen LogP contribution < -0.4 is 15.5 Å². The third-order valence-corrected chi connectivity index (χ3v) is 2.51. The molecule has 0 bridgehead atoms. The summed E-state index contributed by atoms with van der Waals surface area (Å²) in [7, 11) is 0. The molecular weight excluding hydrogens is 290 g/mol. The number of nitrogens with one attached hydrogen (secondary N) is 2. The molecule has 0 unspecified atom stereocenters. The molecule has 0 aliphatic heterocycles. The lowest BCUT2D eigenvalue weighted by Crippen LogP contribution is -2.31. The minimum atomic E-state index is -0.407. The SMILES string of the molecule is CCNC(=S)N/N=C\c1ccccc1OCC(=O)OCC. The minimum absolute atomic E-state index is 0.137. The zero-order valence-corrected chi connectivity index (χ0v) is 12.9. The van der Waals surface area contributed by atoms with E-state index in [9.17, 15) is 4.79 Å². The first-order valence-corrected chi connectivity index (χ1v) is 7.02. The molecule has 1 aromatic carbocycles. The highest BCUT2D eigenvalue weighted by Gasteiger charge is 2.05. The number of hydrazone groups is 1. The van der Waals surface area contributed by atoms with E-state index >= 15 is 0 Å². The Morgan fingerprint density at radius 1 is 1.38 bits per heavy atom. The van der Waals surface area contributed by atoms with Gasteiger partial charge < -0.3 is 14.8 Å². The van der Waals surface area contributed by atoms with E-state index in [2.05, 4.69) is 15.8 Å². The van der Waals surface area contributed by atoms with Gasteiger partial charge in [-0.1, -0.05) is 12.1 Å². The molecule has 0 aliphatic rings. The fourth-order valence-electron chi connectivity index (χ4n) is 1.42. The molecule has 114 valence electrons. The number of thiocarbonyl (C=S) groups is 1. The van der Waals surface area contributed by atoms with Gasteiger partial charge in [-0.3, -0.25) is 5.43 Å². The third kappa shape index (κ3) is 6.71. The van der Waals surface area contributed by atoms with Gasteiger partial charge in [0.2, 0.25) is 0 Å². The van der Waals surface area contributed by atoms with Crippen LogP contribution in [0.25, 0.3) is 0 Å². The molecule has 7 heteroatoms. The first-order chi connectivity index (χ1) is 10.2. The van der Waals surface area contributed by atoms with E-state index in [1.165, 1.54) is 0 Å². The van der Waals surface area contributed by atoms with Crippen molar-refractivity contribution in [2.24, 2.45) is 5.10 Å². The van der Waals surface area contributed by atoms with Crippen LogP contribution in [0.1, 0.15) is 19.4 Å². The smallest absolute Gasteiger partial charge is 0.344 e. The highest BCUT2D eigenvalue weighted by molar-refractivity contribution is 7.80. The fraction of sp³-hybridized carbons (Fsp3) is 0.357. The lowest BCUT2D eigenvalue weighted by molar-refractivity contribution is -0.145. The maximum atomic E-state index is 11.3. The Labute approximate surface area is 129 Å². The lowest BCUT2D eigenvalue weighted by atomic mass is 10.2. The zero-order valence-electron chi connectivity index (χ0n) is 12.1. The quantitative estimate of drug-likeness (QED) is 0.344. The first kappa shape index (κ1) is 16.9. The van der Waals surface area contributed by atoms with E-state index in [0.29, 0.717) is 17.5 Å². The molecule has 0 saturated heterocycles. The number of hydrogen-bond donors (Lipinski definition) is 2. The number of benzene rings is 1. The summed E-state index contributed by atoms with van der Waals surface area (Å²) in [5.41, 5.74) is 3.42. The predicted octanol–water partition coefficient (Wildman–Crippen LogP) is 1.45. The molecule has 0 amide bonds. The summed E-state index contributed by atoms with van der Waals surface area (Å²) >= 11 is 4.99. The molecule has 0 aromatic heterocycles. The molecule has 1 aromatic rings. The standard InChI is InChI=1S/C14H19N3O3S/c1-3-15-14(21)17-16-9-11-7-5-6-8-12(11)20-10-13(18)19-4-2/h5-9H,3-4,10H2,1-2H3,(H2,15,17,21)/b16-9-. The van der Waals surface area contributed by atoms with Gasteiger partial charge in [0, 0.05) is 12.1 Å². The van der Waals surface area contributed by atoms with Crippen LogP contribution in [-0.4, -0.2) is 37.1 Å². The van der Waals surface area contributed by atoms with E-state index in [1.807, 2.05) is 25.1 Å². The maximum Gasteiger partial charge on any atom is 0.344 e. The van der Waals surface area contributed by atoms with Crippen LogP contribution in [0.5, 0.6) is 5.75 Å². The molecule has 1 rings (SSSR count). The van der Waals surface area contributed by atoms with Crippen molar-refractivity contribution in [1.82, 2.24) is 10.7 Å². The van der Waals surface area contributed by atoms with Gasteiger partial charge in [-0.05, 0) is 38.2 Å². The van der Waals surface area contributed by atoms with Crippen molar-refractivity contribution in [2.45, 2.75) is 13.8 Å². The Morgan fingerprint density at radius 3 is 2.86 bits per heavy atom. The second-order valence-corrected chi connectivity index (χ2v) is 4.27. The first-order valence-electron chi connectivity index (χ1n) is 6.61. The highest BCUT2D eigenvalue weighted by Crippen LogP contribution is 2.15. The molecule has 2 N–H and O–H groups in total. The molecule has 0 aliphatic carbocycles. The molecule has 0 saturated carbocycles. The summed E-state index contributed by atoms with van der Waals surface area (Å²) in [6.07, 6.45) is 1.57. The summed E-state index contributed by atoms with van der Waals surface area (Å²) in [6, 6.07) is 7.24. The van der Waals surface area contributed by atoms with Crippen molar-refractivity contribution in [3.8, 4) is 5.75 Å². The molecule has 6 nitrogen and oxygen atoms in total. The summed E-state index contributed by atoms with van der Waals surface area (Å²) in [5.74, 6) is 0.140. The molecular formula is C14H19N3O3S. The van der Waals surface area contributed by atoms with Crippen LogP contribution in [-0.2, 0) is 9.53 Å². The van der Waals surface area contributed by atoms with Crippen LogP contribution in [0.15, 0.2) is 29.4 Å². The Bertz CT molecular complexity index is 506. The van der Waals surface area contributed by atoms with Gasteiger partial charge in [-0.2, -0.15) is 5.10 Å². The second kappa shape index (κ2) is 9.71. The van der Waals surface area contributed by atoms with Gasteiger partial charge >= 0.3 is 5.97 Å². The number of rotatable bonds is 7. The maximum absolute atomic E-state index is 11.3. The number of hydrogen-bond acceptors (Lipinski definition) is 5. The Kier molecular flexibility index (Phi) is 7.81. The largest absolute Gasteiger partial charge is 0.481 e. The van der Waals surface area contributed by atoms with Crippen molar-refractivity contribution in [1.29, 1.82) is 0 Å². The van der Waals surface area contributed by atoms with Crippen molar-refractivity contribution >= 4 is 29.5 Å². The predicted molar refractivity (Wildman–Crippen MR) is 85.6 cm³/mol. The number of para-hydroxylation sites is 1. The molecule has 21 heavy (non-hydrogen) atoms. The number of ether oxygens (including phenoxy) is 2. The van der Waals surface area contributed by atoms with Gasteiger partial charge in [0.1, 0.15) is 5.75 Å². The van der Waals surface area contributed by atoms with Crippen molar-refractivity contribution in [2.75, 3.05) is 19.8 Å². The van der Waals surface area contributed by atoms with Gasteiger partial charge in [-0.15, -0.1) is 0 Å². The zero-order chi connectivity index (χ0) is 15.5. The summed E-state index contributed by atoms with van der Waals surface area (Å²) in [4.78, 5) is 11.3. The highest BCUT2D eigenvalue weighted by atomic mass is 32.1. The molecule has 0 spiro atoms. The van der Waals surface area contributed by atoms with E-state index in [4.69, 9.17) is 21.7 Å². The Balaban J connectivity index is 2.60. The summed E-state index contributed by atoms with van der Waals surface area (Å²) in [6.45, 7) is 4.60. The van der Waals surface area contributed by atoms with Gasteiger partial charge in [-0.25, -0.2) is 4.79 Å². The Morgan fingerprint density at radius 2 is 2.14 bits per heavy atom. The lowest BCUT2D eigenvalue weighted by Gasteiger charge is -2.08. The number of nitrogens with zero attached hydrogens (tertiary/aromatic N) is 1. The van der Waals surface area contributed by atoms with Gasteiger partial charge in [0.15, 0.2) is 11.7 Å². The van der Waals surface area contributed by atoms with Crippen LogP contribution in [0.2, 0.25) is 0 Å². The molecule has 0 atom stereocenters. The third-order valence-electron chi connectivity index (χ3n) is 2.28. The van der Waals surface area contributed by atoms with Crippen LogP contribution in [0, 0.1) is 0 Å². The normalized spacial score (nSPS) is 10.2. The Hall–Kier alpha value is -2.15.